The van der Waals surface area contributed by atoms with Gasteiger partial charge in [0.05, 0.1) is 4.90 Å². The molecule has 23 heavy (non-hydrogen) atoms. The van der Waals surface area contributed by atoms with Gasteiger partial charge >= 0.3 is 0 Å². The van der Waals surface area contributed by atoms with Gasteiger partial charge in [-0.25, -0.2) is 18.4 Å². The maximum atomic E-state index is 12.7. The minimum absolute atomic E-state index is 0.111. The van der Waals surface area contributed by atoms with Crippen LogP contribution < -0.4 is 4.90 Å². The van der Waals surface area contributed by atoms with Gasteiger partial charge in [0.25, 0.3) is 0 Å². The Balaban J connectivity index is 1.76. The second-order valence-electron chi connectivity index (χ2n) is 5.05. The lowest BCUT2D eigenvalue weighted by Crippen LogP contribution is -2.49. The van der Waals surface area contributed by atoms with Crippen molar-refractivity contribution in [3.63, 3.8) is 0 Å². The first-order valence-electron chi connectivity index (χ1n) is 6.95. The number of halogens is 2. The topological polar surface area (TPSA) is 66.4 Å². The van der Waals surface area contributed by atoms with Gasteiger partial charge in [-0.3, -0.25) is 0 Å². The first kappa shape index (κ1) is 16.4. The molecule has 0 spiro atoms. The highest BCUT2D eigenvalue weighted by Crippen LogP contribution is 2.25. The molecule has 0 atom stereocenters. The standard InChI is InChI=1S/C14H14Cl2N4O2S/c15-11-8-12(16)10-13(9-11)23(21,22)20-6-4-19(5-7-20)14-17-2-1-3-18-14/h1-3,8-10H,4-7H2. The highest BCUT2D eigenvalue weighted by atomic mass is 35.5. The predicted octanol–water partition coefficient (Wildman–Crippen LogP) is 2.29. The van der Waals surface area contributed by atoms with Crippen molar-refractivity contribution in [3.05, 3.63) is 46.7 Å². The predicted molar refractivity (Wildman–Crippen MR) is 89.5 cm³/mol. The summed E-state index contributed by atoms with van der Waals surface area (Å²) in [6.07, 6.45) is 3.33. The fourth-order valence-electron chi connectivity index (χ4n) is 2.41. The smallest absolute Gasteiger partial charge is 0.243 e. The molecule has 3 rings (SSSR count). The van der Waals surface area contributed by atoms with Crippen molar-refractivity contribution in [1.29, 1.82) is 0 Å². The zero-order valence-electron chi connectivity index (χ0n) is 12.1. The zero-order chi connectivity index (χ0) is 16.4. The van der Waals surface area contributed by atoms with E-state index in [2.05, 4.69) is 9.97 Å². The normalized spacial score (nSPS) is 16.5. The van der Waals surface area contributed by atoms with Crippen molar-refractivity contribution in [2.75, 3.05) is 31.1 Å². The Bertz CT molecular complexity index is 773. The maximum absolute atomic E-state index is 12.7. The second kappa shape index (κ2) is 6.60. The van der Waals surface area contributed by atoms with E-state index in [9.17, 15) is 8.42 Å². The molecule has 1 saturated heterocycles. The highest BCUT2D eigenvalue weighted by molar-refractivity contribution is 7.89. The minimum Gasteiger partial charge on any atom is -0.338 e. The number of anilines is 1. The van der Waals surface area contributed by atoms with E-state index in [0.717, 1.165) is 0 Å². The summed E-state index contributed by atoms with van der Waals surface area (Å²) in [5.74, 6) is 0.607. The summed E-state index contributed by atoms with van der Waals surface area (Å²) in [5, 5.41) is 0.597. The summed E-state index contributed by atoms with van der Waals surface area (Å²) in [4.78, 5) is 10.4. The summed E-state index contributed by atoms with van der Waals surface area (Å²) < 4.78 is 26.8. The molecular formula is C14H14Cl2N4O2S. The summed E-state index contributed by atoms with van der Waals surface area (Å²) in [5.41, 5.74) is 0. The Kier molecular flexibility index (Phi) is 4.72. The van der Waals surface area contributed by atoms with Gasteiger partial charge in [-0.05, 0) is 24.3 Å². The summed E-state index contributed by atoms with van der Waals surface area (Å²) >= 11 is 11.8. The molecule has 2 aromatic rings. The van der Waals surface area contributed by atoms with Gasteiger partial charge in [-0.15, -0.1) is 0 Å². The van der Waals surface area contributed by atoms with Crippen LogP contribution in [-0.4, -0.2) is 48.9 Å². The van der Waals surface area contributed by atoms with Gasteiger partial charge in [0, 0.05) is 48.6 Å². The molecule has 0 bridgehead atoms. The molecule has 1 fully saturated rings. The Morgan fingerprint density at radius 3 is 2.04 bits per heavy atom. The molecule has 0 radical (unpaired) electrons. The van der Waals surface area contributed by atoms with Crippen LogP contribution in [0.15, 0.2) is 41.6 Å². The van der Waals surface area contributed by atoms with E-state index in [1.165, 1.54) is 22.5 Å². The molecule has 1 aromatic carbocycles. The molecule has 0 aliphatic carbocycles. The third-order valence-corrected chi connectivity index (χ3v) is 5.86. The van der Waals surface area contributed by atoms with Crippen molar-refractivity contribution < 1.29 is 8.42 Å². The Labute approximate surface area is 144 Å². The van der Waals surface area contributed by atoms with Gasteiger partial charge < -0.3 is 4.90 Å². The van der Waals surface area contributed by atoms with E-state index in [0.29, 0.717) is 42.2 Å². The van der Waals surface area contributed by atoms with Crippen molar-refractivity contribution in [1.82, 2.24) is 14.3 Å². The van der Waals surface area contributed by atoms with E-state index in [1.54, 1.807) is 18.5 Å². The van der Waals surface area contributed by atoms with Gasteiger partial charge in [0.1, 0.15) is 0 Å². The molecule has 6 nitrogen and oxygen atoms in total. The van der Waals surface area contributed by atoms with Crippen molar-refractivity contribution in [2.45, 2.75) is 4.90 Å². The molecule has 9 heteroatoms. The average molecular weight is 373 g/mol. The van der Waals surface area contributed by atoms with Crippen LogP contribution in [0.4, 0.5) is 5.95 Å². The summed E-state index contributed by atoms with van der Waals surface area (Å²) in [6.45, 7) is 1.75. The van der Waals surface area contributed by atoms with Crippen LogP contribution in [0.3, 0.4) is 0 Å². The van der Waals surface area contributed by atoms with Crippen LogP contribution in [0.25, 0.3) is 0 Å². The number of piperazine rings is 1. The lowest BCUT2D eigenvalue weighted by Gasteiger charge is -2.33. The van der Waals surface area contributed by atoms with Crippen molar-refractivity contribution in [2.24, 2.45) is 0 Å². The van der Waals surface area contributed by atoms with Crippen LogP contribution in [0.2, 0.25) is 10.0 Å². The van der Waals surface area contributed by atoms with E-state index in [4.69, 9.17) is 23.2 Å². The van der Waals surface area contributed by atoms with Crippen molar-refractivity contribution >= 4 is 39.2 Å². The van der Waals surface area contributed by atoms with Crippen molar-refractivity contribution in [3.8, 4) is 0 Å². The molecule has 122 valence electrons. The van der Waals surface area contributed by atoms with Gasteiger partial charge in [0.2, 0.25) is 16.0 Å². The molecule has 1 aliphatic rings. The molecule has 1 aliphatic heterocycles. The van der Waals surface area contributed by atoms with Crippen LogP contribution in [-0.2, 0) is 10.0 Å². The first-order valence-corrected chi connectivity index (χ1v) is 9.14. The second-order valence-corrected chi connectivity index (χ2v) is 7.86. The molecule has 2 heterocycles. The quantitative estimate of drug-likeness (QED) is 0.826. The largest absolute Gasteiger partial charge is 0.338 e. The van der Waals surface area contributed by atoms with Crippen LogP contribution in [0, 0.1) is 0 Å². The van der Waals surface area contributed by atoms with Gasteiger partial charge in [0.15, 0.2) is 0 Å². The molecule has 0 unspecified atom stereocenters. The number of hydrogen-bond acceptors (Lipinski definition) is 5. The Hall–Kier alpha value is -1.41. The first-order chi connectivity index (χ1) is 11.0. The SMILES string of the molecule is O=S(=O)(c1cc(Cl)cc(Cl)c1)N1CCN(c2ncccn2)CC1. The van der Waals surface area contributed by atoms with E-state index in [-0.39, 0.29) is 4.90 Å². The van der Waals surface area contributed by atoms with Gasteiger partial charge in [-0.1, -0.05) is 23.2 Å². The zero-order valence-corrected chi connectivity index (χ0v) is 14.4. The minimum atomic E-state index is -3.62. The average Bonchev–Trinajstić information content (AvgIpc) is 2.55. The maximum Gasteiger partial charge on any atom is 0.243 e. The molecule has 0 amide bonds. The summed E-state index contributed by atoms with van der Waals surface area (Å²) in [6, 6.07) is 6.07. The fourth-order valence-corrected chi connectivity index (χ4v) is 4.56. The van der Waals surface area contributed by atoms with E-state index in [1.807, 2.05) is 4.90 Å². The Morgan fingerprint density at radius 1 is 0.913 bits per heavy atom. The molecule has 0 saturated carbocycles. The van der Waals surface area contributed by atoms with E-state index >= 15 is 0 Å². The lowest BCUT2D eigenvalue weighted by atomic mass is 10.4. The molecule has 1 aromatic heterocycles. The fraction of sp³-hybridized carbons (Fsp3) is 0.286. The van der Waals surface area contributed by atoms with Crippen LogP contribution in [0.5, 0.6) is 0 Å². The third-order valence-electron chi connectivity index (χ3n) is 3.55. The Morgan fingerprint density at radius 2 is 1.48 bits per heavy atom. The lowest BCUT2D eigenvalue weighted by molar-refractivity contribution is 0.382. The molecule has 0 N–H and O–H groups in total. The monoisotopic (exact) mass is 372 g/mol. The number of hydrogen-bond donors (Lipinski definition) is 0. The number of benzene rings is 1. The number of sulfonamides is 1. The number of aromatic nitrogens is 2. The summed E-state index contributed by atoms with van der Waals surface area (Å²) in [7, 11) is -3.62. The number of rotatable bonds is 3. The number of nitrogens with zero attached hydrogens (tertiary/aromatic N) is 4. The highest BCUT2D eigenvalue weighted by Gasteiger charge is 2.29. The van der Waals surface area contributed by atoms with Crippen LogP contribution >= 0.6 is 23.2 Å². The van der Waals surface area contributed by atoms with Gasteiger partial charge in [-0.2, -0.15) is 4.31 Å². The molecular weight excluding hydrogens is 359 g/mol. The third kappa shape index (κ3) is 3.58. The van der Waals surface area contributed by atoms with Crippen LogP contribution in [0.1, 0.15) is 0 Å². The van der Waals surface area contributed by atoms with E-state index < -0.39 is 10.0 Å².